The lowest BCUT2D eigenvalue weighted by Crippen LogP contribution is -2.46. The summed E-state index contributed by atoms with van der Waals surface area (Å²) in [7, 11) is 0. The zero-order valence-corrected chi connectivity index (χ0v) is 26.2. The summed E-state index contributed by atoms with van der Waals surface area (Å²) in [5.74, 6) is 0. The van der Waals surface area contributed by atoms with Crippen LogP contribution in [0.3, 0.4) is 0 Å². The highest BCUT2D eigenvalue weighted by atomic mass is 35.5. The van der Waals surface area contributed by atoms with Crippen molar-refractivity contribution in [2.24, 2.45) is 0 Å². The van der Waals surface area contributed by atoms with Crippen LogP contribution in [0.4, 0.5) is 11.4 Å². The molecule has 0 amide bonds. The van der Waals surface area contributed by atoms with Crippen LogP contribution in [0, 0.1) is 11.3 Å². The Hall–Kier alpha value is -3.38. The Morgan fingerprint density at radius 2 is 1.83 bits per heavy atom. The Balaban J connectivity index is 1.50. The predicted molar refractivity (Wildman–Crippen MR) is 171 cm³/mol. The number of hydrogen-bond donors (Lipinski definition) is 2. The van der Waals surface area contributed by atoms with Crippen LogP contribution in [0.1, 0.15) is 82.3 Å². The molecule has 0 saturated carbocycles. The minimum Gasteiger partial charge on any atom is -0.383 e. The number of unbranched alkanes of at least 4 members (excludes halogenated alkanes) is 1. The molecule has 0 spiro atoms. The first-order valence-electron chi connectivity index (χ1n) is 14.6. The van der Waals surface area contributed by atoms with E-state index in [4.69, 9.17) is 28.2 Å². The molecular formula is C32H38Cl2N8. The summed E-state index contributed by atoms with van der Waals surface area (Å²) < 4.78 is 2.02. The van der Waals surface area contributed by atoms with Gasteiger partial charge in [0.2, 0.25) is 0 Å². The minimum absolute atomic E-state index is 0.162. The average molecular weight is 606 g/mol. The molecule has 220 valence electrons. The summed E-state index contributed by atoms with van der Waals surface area (Å²) in [4.78, 5) is 7.22. The maximum Gasteiger partial charge on any atom is 0.109 e. The number of hydrogen-bond acceptors (Lipinski definition) is 7. The van der Waals surface area contributed by atoms with Crippen LogP contribution in [-0.2, 0) is 0 Å². The second-order valence-electron chi connectivity index (χ2n) is 11.9. The van der Waals surface area contributed by atoms with Crippen molar-refractivity contribution in [3.63, 3.8) is 0 Å². The van der Waals surface area contributed by atoms with Crippen LogP contribution in [0.25, 0.3) is 10.9 Å². The van der Waals surface area contributed by atoms with E-state index < -0.39 is 0 Å². The van der Waals surface area contributed by atoms with Gasteiger partial charge in [0.25, 0.3) is 0 Å². The molecule has 0 bridgehead atoms. The first-order valence-corrected chi connectivity index (χ1v) is 15.4. The standard InChI is InChI=1S/C32H38Cl2N8/c1-5-6-13-36-29-22(18-35)19-37-31-26(29)16-24(34)17-27(31)38-30(21-7-9-23(33)10-8-21)28-20-42(40-39-28)25-11-14-41(15-12-25)32(2,3)4/h7-10,16-17,19-20,25,30,38H,5-6,11-15H2,1-4H3,(H,36,37)/t30-/m0/s1. The van der Waals surface area contributed by atoms with E-state index in [1.165, 1.54) is 0 Å². The molecule has 4 aromatic rings. The predicted octanol–water partition coefficient (Wildman–Crippen LogP) is 7.85. The molecule has 2 N–H and O–H groups in total. The molecule has 1 atom stereocenters. The number of halogens is 2. The second kappa shape index (κ2) is 12.9. The number of nitrogens with one attached hydrogen (secondary N) is 2. The van der Waals surface area contributed by atoms with Gasteiger partial charge in [0.05, 0.1) is 40.7 Å². The third-order valence-electron chi connectivity index (χ3n) is 8.00. The Bertz CT molecular complexity index is 1560. The molecule has 8 nitrogen and oxygen atoms in total. The SMILES string of the molecule is CCCCNc1c(C#N)cnc2c(N[C@@H](c3ccc(Cl)cc3)c3cn(C4CCN(C(C)(C)C)CC4)nn3)cc(Cl)cc12. The van der Waals surface area contributed by atoms with Gasteiger partial charge in [0.15, 0.2) is 0 Å². The van der Waals surface area contributed by atoms with E-state index in [1.807, 2.05) is 41.1 Å². The largest absolute Gasteiger partial charge is 0.383 e. The van der Waals surface area contributed by atoms with Gasteiger partial charge < -0.3 is 10.6 Å². The number of nitriles is 1. The van der Waals surface area contributed by atoms with E-state index in [1.54, 1.807) is 6.20 Å². The Kier molecular flexibility index (Phi) is 9.22. The van der Waals surface area contributed by atoms with Gasteiger partial charge in [0.1, 0.15) is 11.8 Å². The van der Waals surface area contributed by atoms with Gasteiger partial charge in [-0.2, -0.15) is 5.26 Å². The maximum absolute atomic E-state index is 9.79. The van der Waals surface area contributed by atoms with E-state index in [9.17, 15) is 5.26 Å². The zero-order chi connectivity index (χ0) is 29.9. The fraction of sp³-hybridized carbons (Fsp3) is 0.438. The van der Waals surface area contributed by atoms with Gasteiger partial charge in [-0.1, -0.05) is 53.9 Å². The molecule has 1 saturated heterocycles. The molecule has 42 heavy (non-hydrogen) atoms. The number of fused-ring (bicyclic) bond motifs is 1. The summed E-state index contributed by atoms with van der Waals surface area (Å²) in [5, 5.41) is 28.1. The summed E-state index contributed by atoms with van der Waals surface area (Å²) in [6.45, 7) is 11.8. The second-order valence-corrected chi connectivity index (χ2v) is 12.8. The van der Waals surface area contributed by atoms with Crippen molar-refractivity contribution < 1.29 is 0 Å². The number of nitrogens with zero attached hydrogens (tertiary/aromatic N) is 6. The zero-order valence-electron chi connectivity index (χ0n) is 24.7. The van der Waals surface area contributed by atoms with E-state index in [0.717, 1.165) is 78.9 Å². The molecule has 2 aromatic carbocycles. The fourth-order valence-electron chi connectivity index (χ4n) is 5.58. The van der Waals surface area contributed by atoms with Gasteiger partial charge in [-0.15, -0.1) is 5.10 Å². The van der Waals surface area contributed by atoms with Crippen LogP contribution >= 0.6 is 23.2 Å². The molecule has 5 rings (SSSR count). The summed E-state index contributed by atoms with van der Waals surface area (Å²) >= 11 is 12.9. The van der Waals surface area contributed by atoms with E-state index >= 15 is 0 Å². The van der Waals surface area contributed by atoms with Gasteiger partial charge >= 0.3 is 0 Å². The molecule has 1 fully saturated rings. The number of anilines is 2. The third-order valence-corrected chi connectivity index (χ3v) is 8.47. The number of benzene rings is 2. The number of pyridine rings is 1. The van der Waals surface area contributed by atoms with E-state index in [0.29, 0.717) is 21.7 Å². The Morgan fingerprint density at radius 3 is 2.50 bits per heavy atom. The number of piperidine rings is 1. The molecule has 3 heterocycles. The fourth-order valence-corrected chi connectivity index (χ4v) is 5.93. The van der Waals surface area contributed by atoms with Crippen LogP contribution in [0.15, 0.2) is 48.8 Å². The van der Waals surface area contributed by atoms with Crippen molar-refractivity contribution in [2.75, 3.05) is 30.3 Å². The lowest BCUT2D eigenvalue weighted by atomic mass is 9.98. The molecule has 0 aliphatic carbocycles. The first-order chi connectivity index (χ1) is 20.2. The van der Waals surface area contributed by atoms with Crippen molar-refractivity contribution >= 4 is 45.5 Å². The van der Waals surface area contributed by atoms with Gasteiger partial charge in [-0.05, 0) is 69.9 Å². The van der Waals surface area contributed by atoms with Crippen molar-refractivity contribution in [2.45, 2.75) is 71.0 Å². The van der Waals surface area contributed by atoms with Crippen LogP contribution in [0.5, 0.6) is 0 Å². The molecule has 2 aromatic heterocycles. The van der Waals surface area contributed by atoms with Crippen LogP contribution in [0.2, 0.25) is 10.0 Å². The molecule has 1 aliphatic heterocycles. The van der Waals surface area contributed by atoms with Crippen molar-refractivity contribution in [3.8, 4) is 6.07 Å². The highest BCUT2D eigenvalue weighted by Crippen LogP contribution is 2.37. The first kappa shape index (κ1) is 30.1. The highest BCUT2D eigenvalue weighted by molar-refractivity contribution is 6.32. The van der Waals surface area contributed by atoms with Crippen LogP contribution in [-0.4, -0.2) is 50.1 Å². The molecule has 10 heteroatoms. The molecule has 0 unspecified atom stereocenters. The number of aromatic nitrogens is 4. The molecule has 1 aliphatic rings. The van der Waals surface area contributed by atoms with Crippen LogP contribution < -0.4 is 10.6 Å². The monoisotopic (exact) mass is 604 g/mol. The molecule has 0 radical (unpaired) electrons. The van der Waals surface area contributed by atoms with Gasteiger partial charge in [-0.25, -0.2) is 4.68 Å². The van der Waals surface area contributed by atoms with Crippen molar-refractivity contribution in [3.05, 3.63) is 75.7 Å². The van der Waals surface area contributed by atoms with Gasteiger partial charge in [-0.3, -0.25) is 9.88 Å². The summed E-state index contributed by atoms with van der Waals surface area (Å²) in [6.07, 6.45) is 7.76. The van der Waals surface area contributed by atoms with Gasteiger partial charge in [0, 0.05) is 46.8 Å². The maximum atomic E-state index is 9.79. The highest BCUT2D eigenvalue weighted by Gasteiger charge is 2.29. The Labute approximate surface area is 258 Å². The normalized spacial score (nSPS) is 15.5. The smallest absolute Gasteiger partial charge is 0.109 e. The topological polar surface area (TPSA) is 94.7 Å². The quantitative estimate of drug-likeness (QED) is 0.188. The lowest BCUT2D eigenvalue weighted by molar-refractivity contribution is 0.0866. The molecular weight excluding hydrogens is 567 g/mol. The van der Waals surface area contributed by atoms with Crippen molar-refractivity contribution in [1.82, 2.24) is 24.9 Å². The van der Waals surface area contributed by atoms with E-state index in [-0.39, 0.29) is 11.6 Å². The lowest BCUT2D eigenvalue weighted by Gasteiger charge is -2.40. The third kappa shape index (κ3) is 6.64. The minimum atomic E-state index is -0.332. The summed E-state index contributed by atoms with van der Waals surface area (Å²) in [6, 6.07) is 13.7. The average Bonchev–Trinajstić information content (AvgIpc) is 3.46. The summed E-state index contributed by atoms with van der Waals surface area (Å²) in [5.41, 5.74) is 4.64. The number of rotatable bonds is 9. The van der Waals surface area contributed by atoms with Crippen molar-refractivity contribution in [1.29, 1.82) is 5.26 Å². The Morgan fingerprint density at radius 1 is 1.10 bits per heavy atom. The number of likely N-dealkylation sites (tertiary alicyclic amines) is 1. The van der Waals surface area contributed by atoms with E-state index in [2.05, 4.69) is 65.8 Å².